The van der Waals surface area contributed by atoms with Crippen molar-refractivity contribution in [3.05, 3.63) is 36.7 Å². The van der Waals surface area contributed by atoms with Crippen molar-refractivity contribution in [3.63, 3.8) is 0 Å². The minimum atomic E-state index is -0.200. The van der Waals surface area contributed by atoms with Crippen LogP contribution in [-0.2, 0) is 14.1 Å². The van der Waals surface area contributed by atoms with Crippen LogP contribution in [0.3, 0.4) is 0 Å². The molecule has 1 N–H and O–H groups in total. The Hall–Kier alpha value is -2.04. The second kappa shape index (κ2) is 3.61. The molecule has 2 rings (SSSR count). The van der Waals surface area contributed by atoms with Crippen molar-refractivity contribution in [3.8, 4) is 0 Å². The van der Waals surface area contributed by atoms with E-state index in [2.05, 4.69) is 10.3 Å². The fraction of sp³-hybridized carbons (Fsp3) is 0.200. The summed E-state index contributed by atoms with van der Waals surface area (Å²) in [5.41, 5.74) is 0.769. The van der Waals surface area contributed by atoms with Crippen molar-refractivity contribution in [2.24, 2.45) is 14.1 Å². The number of carbonyl (C=O) groups is 1. The van der Waals surface area contributed by atoms with Gasteiger partial charge in [-0.15, -0.1) is 0 Å². The molecule has 1 amide bonds. The summed E-state index contributed by atoms with van der Waals surface area (Å²) in [5, 5.41) is 2.76. The van der Waals surface area contributed by atoms with E-state index in [1.165, 1.54) is 0 Å². The first kappa shape index (κ1) is 9.51. The number of imidazole rings is 1. The first-order valence-corrected chi connectivity index (χ1v) is 4.57. The lowest BCUT2D eigenvalue weighted by Crippen LogP contribution is -2.16. The van der Waals surface area contributed by atoms with Gasteiger partial charge in [0, 0.05) is 38.9 Å². The molecule has 0 saturated carbocycles. The molecule has 0 saturated heterocycles. The van der Waals surface area contributed by atoms with Crippen molar-refractivity contribution in [2.45, 2.75) is 0 Å². The molecular weight excluding hydrogens is 192 g/mol. The second-order valence-corrected chi connectivity index (χ2v) is 3.38. The molecule has 0 aliphatic rings. The highest BCUT2D eigenvalue weighted by molar-refractivity contribution is 6.01. The van der Waals surface area contributed by atoms with Gasteiger partial charge in [-0.05, 0) is 6.07 Å². The Morgan fingerprint density at radius 2 is 2.20 bits per heavy atom. The number of aryl methyl sites for hydroxylation is 2. The van der Waals surface area contributed by atoms with Crippen LogP contribution in [0.2, 0.25) is 0 Å². The summed E-state index contributed by atoms with van der Waals surface area (Å²) in [6.07, 6.45) is 7.04. The molecule has 0 fully saturated rings. The highest BCUT2D eigenvalue weighted by Crippen LogP contribution is 2.08. The van der Waals surface area contributed by atoms with Crippen molar-refractivity contribution >= 4 is 11.6 Å². The Morgan fingerprint density at radius 1 is 1.40 bits per heavy atom. The van der Waals surface area contributed by atoms with E-state index in [0.29, 0.717) is 5.82 Å². The van der Waals surface area contributed by atoms with Gasteiger partial charge in [0.15, 0.2) is 5.82 Å². The summed E-state index contributed by atoms with van der Waals surface area (Å²) in [5.74, 6) is 0.201. The molecule has 0 unspecified atom stereocenters. The third kappa shape index (κ3) is 1.90. The predicted molar refractivity (Wildman–Crippen MR) is 56.6 cm³/mol. The zero-order valence-electron chi connectivity index (χ0n) is 8.64. The van der Waals surface area contributed by atoms with Crippen LogP contribution in [0, 0.1) is 0 Å². The molecule has 0 spiro atoms. The minimum absolute atomic E-state index is 0.200. The normalized spacial score (nSPS) is 10.3. The van der Waals surface area contributed by atoms with Crippen molar-refractivity contribution in [1.82, 2.24) is 14.1 Å². The van der Waals surface area contributed by atoms with Gasteiger partial charge < -0.3 is 14.5 Å². The number of nitrogens with one attached hydrogen (secondary N) is 1. The number of anilines is 1. The second-order valence-electron chi connectivity index (χ2n) is 3.38. The molecule has 5 heteroatoms. The number of hydrogen-bond acceptors (Lipinski definition) is 2. The zero-order valence-corrected chi connectivity index (χ0v) is 8.64. The smallest absolute Gasteiger partial charge is 0.291 e. The van der Waals surface area contributed by atoms with Crippen LogP contribution in [0.4, 0.5) is 5.69 Å². The molecule has 5 nitrogen and oxygen atoms in total. The van der Waals surface area contributed by atoms with E-state index in [9.17, 15) is 4.79 Å². The molecular formula is C10H12N4O. The number of hydrogen-bond donors (Lipinski definition) is 1. The number of rotatable bonds is 2. The Balaban J connectivity index is 2.14. The van der Waals surface area contributed by atoms with E-state index in [-0.39, 0.29) is 5.91 Å². The molecule has 0 bridgehead atoms. The molecule has 0 aliphatic carbocycles. The Morgan fingerprint density at radius 3 is 2.73 bits per heavy atom. The van der Waals surface area contributed by atoms with Crippen LogP contribution < -0.4 is 5.32 Å². The monoisotopic (exact) mass is 204 g/mol. The third-order valence-corrected chi connectivity index (χ3v) is 2.11. The maximum absolute atomic E-state index is 11.7. The lowest BCUT2D eigenvalue weighted by Gasteiger charge is -2.01. The fourth-order valence-corrected chi connectivity index (χ4v) is 1.35. The summed E-state index contributed by atoms with van der Waals surface area (Å²) in [6.45, 7) is 0. The van der Waals surface area contributed by atoms with Gasteiger partial charge >= 0.3 is 0 Å². The van der Waals surface area contributed by atoms with Gasteiger partial charge in [-0.25, -0.2) is 4.98 Å². The van der Waals surface area contributed by atoms with E-state index < -0.39 is 0 Å². The summed E-state index contributed by atoms with van der Waals surface area (Å²) < 4.78 is 3.55. The van der Waals surface area contributed by atoms with E-state index in [1.807, 2.05) is 30.1 Å². The standard InChI is InChI=1S/C10H12N4O/c1-13-5-3-8(7-13)12-10(15)9-11-4-6-14(9)2/h3-7H,1-2H3,(H,12,15). The van der Waals surface area contributed by atoms with Gasteiger partial charge in [-0.2, -0.15) is 0 Å². The molecule has 0 aliphatic heterocycles. The molecule has 2 heterocycles. The number of nitrogens with zero attached hydrogens (tertiary/aromatic N) is 3. The van der Waals surface area contributed by atoms with Crippen molar-refractivity contribution in [1.29, 1.82) is 0 Å². The van der Waals surface area contributed by atoms with E-state index in [1.54, 1.807) is 24.0 Å². The van der Waals surface area contributed by atoms with Gasteiger partial charge in [0.25, 0.3) is 5.91 Å². The highest BCUT2D eigenvalue weighted by atomic mass is 16.2. The number of carbonyl (C=O) groups excluding carboxylic acids is 1. The number of aromatic nitrogens is 3. The van der Waals surface area contributed by atoms with Gasteiger partial charge in [0.05, 0.1) is 5.69 Å². The lowest BCUT2D eigenvalue weighted by molar-refractivity contribution is 0.101. The van der Waals surface area contributed by atoms with Crippen LogP contribution in [0.15, 0.2) is 30.9 Å². The Labute approximate surface area is 87.4 Å². The molecule has 2 aromatic rings. The van der Waals surface area contributed by atoms with E-state index >= 15 is 0 Å². The van der Waals surface area contributed by atoms with Gasteiger partial charge in [0.1, 0.15) is 0 Å². The average molecular weight is 204 g/mol. The van der Waals surface area contributed by atoms with Crippen LogP contribution in [0.1, 0.15) is 10.6 Å². The quantitative estimate of drug-likeness (QED) is 0.793. The maximum atomic E-state index is 11.7. The largest absolute Gasteiger partial charge is 0.355 e. The average Bonchev–Trinajstić information content (AvgIpc) is 2.75. The maximum Gasteiger partial charge on any atom is 0.291 e. The number of amides is 1. The first-order valence-electron chi connectivity index (χ1n) is 4.57. The molecule has 0 radical (unpaired) electrons. The van der Waals surface area contributed by atoms with Crippen molar-refractivity contribution in [2.75, 3.05) is 5.32 Å². The van der Waals surface area contributed by atoms with Crippen molar-refractivity contribution < 1.29 is 4.79 Å². The molecule has 0 atom stereocenters. The SMILES string of the molecule is Cn1ccc(NC(=O)c2nccn2C)c1. The minimum Gasteiger partial charge on any atom is -0.355 e. The highest BCUT2D eigenvalue weighted by Gasteiger charge is 2.10. The van der Waals surface area contributed by atoms with Crippen LogP contribution in [-0.4, -0.2) is 20.0 Å². The van der Waals surface area contributed by atoms with E-state index in [0.717, 1.165) is 5.69 Å². The molecule has 15 heavy (non-hydrogen) atoms. The summed E-state index contributed by atoms with van der Waals surface area (Å²) in [4.78, 5) is 15.7. The third-order valence-electron chi connectivity index (χ3n) is 2.11. The summed E-state index contributed by atoms with van der Waals surface area (Å²) in [7, 11) is 3.68. The molecule has 0 aromatic carbocycles. The summed E-state index contributed by atoms with van der Waals surface area (Å²) in [6, 6.07) is 1.83. The van der Waals surface area contributed by atoms with E-state index in [4.69, 9.17) is 0 Å². The van der Waals surface area contributed by atoms with Crippen LogP contribution in [0.5, 0.6) is 0 Å². The fourth-order valence-electron chi connectivity index (χ4n) is 1.35. The van der Waals surface area contributed by atoms with Crippen LogP contribution >= 0.6 is 0 Å². The first-order chi connectivity index (χ1) is 7.16. The predicted octanol–water partition coefficient (Wildman–Crippen LogP) is 1.01. The lowest BCUT2D eigenvalue weighted by atomic mass is 10.4. The summed E-state index contributed by atoms with van der Waals surface area (Å²) >= 11 is 0. The van der Waals surface area contributed by atoms with Gasteiger partial charge in [-0.1, -0.05) is 0 Å². The zero-order chi connectivity index (χ0) is 10.8. The molecule has 78 valence electrons. The van der Waals surface area contributed by atoms with Gasteiger partial charge in [0.2, 0.25) is 0 Å². The topological polar surface area (TPSA) is 51.9 Å². The van der Waals surface area contributed by atoms with Crippen LogP contribution in [0.25, 0.3) is 0 Å². The Bertz CT molecular complexity index is 483. The van der Waals surface area contributed by atoms with Gasteiger partial charge in [-0.3, -0.25) is 4.79 Å². The Kier molecular flexibility index (Phi) is 2.29. The molecule has 2 aromatic heterocycles.